The highest BCUT2D eigenvalue weighted by molar-refractivity contribution is 14.1. The lowest BCUT2D eigenvalue weighted by molar-refractivity contribution is 0.102. The number of halogens is 2. The van der Waals surface area contributed by atoms with Crippen LogP contribution in [0.15, 0.2) is 59.5 Å². The summed E-state index contributed by atoms with van der Waals surface area (Å²) in [7, 11) is -3.99. The number of hydrogen-bond acceptors (Lipinski definition) is 3. The maximum atomic E-state index is 13.0. The predicted molar refractivity (Wildman–Crippen MR) is 130 cm³/mol. The minimum atomic E-state index is -3.99. The topological polar surface area (TPSA) is 75.3 Å². The summed E-state index contributed by atoms with van der Waals surface area (Å²) in [5.74, 6) is -0.417. The number of nitrogens with one attached hydrogen (secondary N) is 2. The van der Waals surface area contributed by atoms with Crippen LogP contribution in [0.25, 0.3) is 0 Å². The van der Waals surface area contributed by atoms with Gasteiger partial charge in [-0.15, -0.1) is 0 Å². The second-order valence-electron chi connectivity index (χ2n) is 6.98. The van der Waals surface area contributed by atoms with E-state index in [0.29, 0.717) is 11.4 Å². The zero-order valence-corrected chi connectivity index (χ0v) is 20.3. The minimum Gasteiger partial charge on any atom is -0.322 e. The van der Waals surface area contributed by atoms with Crippen LogP contribution in [0.2, 0.25) is 5.02 Å². The van der Waals surface area contributed by atoms with Gasteiger partial charge in [-0.1, -0.05) is 23.7 Å². The highest BCUT2D eigenvalue weighted by atomic mass is 127. The fourth-order valence-corrected chi connectivity index (χ4v) is 5.15. The van der Waals surface area contributed by atoms with Gasteiger partial charge in [0.15, 0.2) is 0 Å². The molecule has 0 heterocycles. The molecule has 3 rings (SSSR count). The van der Waals surface area contributed by atoms with Crippen LogP contribution in [0.3, 0.4) is 0 Å². The van der Waals surface area contributed by atoms with E-state index < -0.39 is 15.9 Å². The first kappa shape index (κ1) is 22.6. The molecule has 8 heteroatoms. The average molecular weight is 555 g/mol. The molecular formula is C22H20ClIN2O3S. The van der Waals surface area contributed by atoms with Gasteiger partial charge in [0.1, 0.15) is 4.90 Å². The van der Waals surface area contributed by atoms with Gasteiger partial charge in [0, 0.05) is 14.8 Å². The van der Waals surface area contributed by atoms with Gasteiger partial charge in [0.05, 0.1) is 10.7 Å². The molecular weight excluding hydrogens is 535 g/mol. The molecule has 0 aliphatic carbocycles. The smallest absolute Gasteiger partial charge is 0.263 e. The maximum Gasteiger partial charge on any atom is 0.263 e. The Hall–Kier alpha value is -2.10. The standard InChI is InChI=1S/C22H20ClIN2O3S/c1-13-4-5-14(2)20(10-13)26-30(28,29)21-12-16(6-8-18(21)23)22(27)25-19-9-7-17(24)11-15(19)3/h4-12,26H,1-3H3,(H,25,27). The minimum absolute atomic E-state index is 0.0369. The molecule has 0 atom stereocenters. The second kappa shape index (κ2) is 8.95. The molecule has 2 N–H and O–H groups in total. The molecule has 0 aromatic heterocycles. The molecule has 0 unspecified atom stereocenters. The summed E-state index contributed by atoms with van der Waals surface area (Å²) >= 11 is 8.37. The lowest BCUT2D eigenvalue weighted by atomic mass is 10.1. The molecule has 0 saturated carbocycles. The highest BCUT2D eigenvalue weighted by Gasteiger charge is 2.21. The van der Waals surface area contributed by atoms with E-state index in [1.807, 2.05) is 51.1 Å². The number of amides is 1. The van der Waals surface area contributed by atoms with Gasteiger partial charge in [-0.05, 0) is 103 Å². The summed E-state index contributed by atoms with van der Waals surface area (Å²) in [5.41, 5.74) is 3.94. The molecule has 156 valence electrons. The van der Waals surface area contributed by atoms with E-state index in [1.165, 1.54) is 18.2 Å². The van der Waals surface area contributed by atoms with Crippen LogP contribution in [-0.2, 0) is 10.0 Å². The quantitative estimate of drug-likeness (QED) is 0.384. The van der Waals surface area contributed by atoms with Crippen molar-refractivity contribution in [2.45, 2.75) is 25.7 Å². The van der Waals surface area contributed by atoms with Crippen molar-refractivity contribution in [1.82, 2.24) is 0 Å². The second-order valence-corrected chi connectivity index (χ2v) is 10.3. The van der Waals surface area contributed by atoms with Crippen molar-refractivity contribution in [2.75, 3.05) is 10.0 Å². The van der Waals surface area contributed by atoms with Crippen LogP contribution in [0.4, 0.5) is 11.4 Å². The summed E-state index contributed by atoms with van der Waals surface area (Å²) in [6, 6.07) is 15.3. The van der Waals surface area contributed by atoms with Crippen LogP contribution >= 0.6 is 34.2 Å². The highest BCUT2D eigenvalue weighted by Crippen LogP contribution is 2.27. The van der Waals surface area contributed by atoms with Crippen molar-refractivity contribution >= 4 is 61.5 Å². The summed E-state index contributed by atoms with van der Waals surface area (Å²) in [5, 5.41) is 2.85. The predicted octanol–water partition coefficient (Wildman–Crippen LogP) is 5.92. The number of hydrogen-bond donors (Lipinski definition) is 2. The Labute approximate surface area is 195 Å². The monoisotopic (exact) mass is 554 g/mol. The van der Waals surface area contributed by atoms with E-state index in [-0.39, 0.29) is 15.5 Å². The Kier molecular flexibility index (Phi) is 6.74. The lowest BCUT2D eigenvalue weighted by Gasteiger charge is -2.14. The van der Waals surface area contributed by atoms with Crippen molar-refractivity contribution in [3.63, 3.8) is 0 Å². The lowest BCUT2D eigenvalue weighted by Crippen LogP contribution is -2.17. The number of sulfonamides is 1. The number of anilines is 2. The van der Waals surface area contributed by atoms with E-state index in [0.717, 1.165) is 20.3 Å². The molecule has 0 spiro atoms. The molecule has 0 saturated heterocycles. The van der Waals surface area contributed by atoms with Crippen LogP contribution in [0, 0.1) is 24.3 Å². The Balaban J connectivity index is 1.92. The van der Waals surface area contributed by atoms with Crippen molar-refractivity contribution < 1.29 is 13.2 Å². The Morgan fingerprint density at radius 3 is 2.33 bits per heavy atom. The van der Waals surface area contributed by atoms with E-state index in [4.69, 9.17) is 11.6 Å². The molecule has 0 fully saturated rings. The van der Waals surface area contributed by atoms with Gasteiger partial charge < -0.3 is 5.32 Å². The van der Waals surface area contributed by atoms with Crippen LogP contribution < -0.4 is 10.0 Å². The van der Waals surface area contributed by atoms with Crippen molar-refractivity contribution in [1.29, 1.82) is 0 Å². The zero-order chi connectivity index (χ0) is 22.1. The molecule has 3 aromatic rings. The molecule has 1 amide bonds. The first-order valence-electron chi connectivity index (χ1n) is 9.04. The SMILES string of the molecule is Cc1ccc(C)c(NS(=O)(=O)c2cc(C(=O)Nc3ccc(I)cc3C)ccc2Cl)c1. The van der Waals surface area contributed by atoms with Gasteiger partial charge in [-0.3, -0.25) is 9.52 Å². The third kappa shape index (κ3) is 5.14. The van der Waals surface area contributed by atoms with Crippen molar-refractivity contribution in [3.05, 3.63) is 85.4 Å². The molecule has 0 radical (unpaired) electrons. The average Bonchev–Trinajstić information content (AvgIpc) is 2.67. The Morgan fingerprint density at radius 2 is 1.63 bits per heavy atom. The molecule has 30 heavy (non-hydrogen) atoms. The summed E-state index contributed by atoms with van der Waals surface area (Å²) in [6.45, 7) is 5.58. The molecule has 0 bridgehead atoms. The van der Waals surface area contributed by atoms with Gasteiger partial charge in [0.25, 0.3) is 15.9 Å². The van der Waals surface area contributed by atoms with Crippen LogP contribution in [0.5, 0.6) is 0 Å². The number of carbonyl (C=O) groups excluding carboxylic acids is 1. The molecule has 3 aromatic carbocycles. The summed E-state index contributed by atoms with van der Waals surface area (Å²) in [4.78, 5) is 12.6. The number of carbonyl (C=O) groups is 1. The van der Waals surface area contributed by atoms with E-state index in [9.17, 15) is 13.2 Å². The van der Waals surface area contributed by atoms with Gasteiger partial charge >= 0.3 is 0 Å². The van der Waals surface area contributed by atoms with Crippen molar-refractivity contribution in [2.24, 2.45) is 0 Å². The molecule has 0 aliphatic heterocycles. The van der Waals surface area contributed by atoms with E-state index >= 15 is 0 Å². The van der Waals surface area contributed by atoms with Crippen molar-refractivity contribution in [3.8, 4) is 0 Å². The van der Waals surface area contributed by atoms with Gasteiger partial charge in [-0.2, -0.15) is 0 Å². The third-order valence-electron chi connectivity index (χ3n) is 4.56. The normalized spacial score (nSPS) is 11.2. The van der Waals surface area contributed by atoms with E-state index in [2.05, 4.69) is 32.6 Å². The zero-order valence-electron chi connectivity index (χ0n) is 16.6. The maximum absolute atomic E-state index is 13.0. The van der Waals surface area contributed by atoms with Crippen LogP contribution in [0.1, 0.15) is 27.0 Å². The molecule has 5 nitrogen and oxygen atoms in total. The summed E-state index contributed by atoms with van der Waals surface area (Å²) < 4.78 is 29.6. The van der Waals surface area contributed by atoms with E-state index in [1.54, 1.807) is 6.07 Å². The number of benzene rings is 3. The first-order valence-corrected chi connectivity index (χ1v) is 12.0. The largest absolute Gasteiger partial charge is 0.322 e. The van der Waals surface area contributed by atoms with Gasteiger partial charge in [0.2, 0.25) is 0 Å². The van der Waals surface area contributed by atoms with Gasteiger partial charge in [-0.25, -0.2) is 8.42 Å². The number of aryl methyl sites for hydroxylation is 3. The third-order valence-corrected chi connectivity index (χ3v) is 7.08. The summed E-state index contributed by atoms with van der Waals surface area (Å²) in [6.07, 6.45) is 0. The fourth-order valence-electron chi connectivity index (χ4n) is 2.86. The number of rotatable bonds is 5. The Bertz CT molecular complexity index is 1240. The fraction of sp³-hybridized carbons (Fsp3) is 0.136. The van der Waals surface area contributed by atoms with Crippen LogP contribution in [-0.4, -0.2) is 14.3 Å². The molecule has 0 aliphatic rings. The first-order chi connectivity index (χ1) is 14.1. The Morgan fingerprint density at radius 1 is 0.900 bits per heavy atom.